The van der Waals surface area contributed by atoms with Gasteiger partial charge in [0.2, 0.25) is 11.9 Å². The quantitative estimate of drug-likeness (QED) is 0.909. The second-order valence-electron chi connectivity index (χ2n) is 6.78. The van der Waals surface area contributed by atoms with Crippen molar-refractivity contribution < 1.29 is 4.79 Å². The SMILES string of the molecule is CN(C)c1ccnc(N2CCC(C(=O)NC(C)(C)C)C2)n1. The normalized spacial score (nSPS) is 18.7. The van der Waals surface area contributed by atoms with Crippen molar-refractivity contribution in [3.63, 3.8) is 0 Å². The summed E-state index contributed by atoms with van der Waals surface area (Å²) < 4.78 is 0. The first-order valence-electron chi connectivity index (χ1n) is 7.33. The van der Waals surface area contributed by atoms with Crippen LogP contribution in [-0.4, -0.2) is 48.6 Å². The smallest absolute Gasteiger partial charge is 0.227 e. The summed E-state index contributed by atoms with van der Waals surface area (Å²) >= 11 is 0. The molecule has 6 nitrogen and oxygen atoms in total. The molecule has 1 aliphatic heterocycles. The molecule has 1 N–H and O–H groups in total. The highest BCUT2D eigenvalue weighted by atomic mass is 16.2. The van der Waals surface area contributed by atoms with Crippen LogP contribution in [0.5, 0.6) is 0 Å². The maximum atomic E-state index is 12.2. The Kier molecular flexibility index (Phi) is 4.34. The van der Waals surface area contributed by atoms with Crippen molar-refractivity contribution in [3.8, 4) is 0 Å². The Morgan fingerprint density at radius 2 is 2.14 bits per heavy atom. The molecule has 2 rings (SSSR count). The van der Waals surface area contributed by atoms with Gasteiger partial charge in [-0.1, -0.05) is 0 Å². The fourth-order valence-corrected chi connectivity index (χ4v) is 2.37. The van der Waals surface area contributed by atoms with Gasteiger partial charge in [-0.2, -0.15) is 4.98 Å². The molecular weight excluding hydrogens is 266 g/mol. The predicted molar refractivity (Wildman–Crippen MR) is 84.6 cm³/mol. The van der Waals surface area contributed by atoms with Gasteiger partial charge < -0.3 is 15.1 Å². The topological polar surface area (TPSA) is 61.4 Å². The summed E-state index contributed by atoms with van der Waals surface area (Å²) in [5, 5.41) is 3.05. The van der Waals surface area contributed by atoms with Crippen LogP contribution in [0, 0.1) is 5.92 Å². The van der Waals surface area contributed by atoms with Gasteiger partial charge in [0.25, 0.3) is 0 Å². The molecule has 0 spiro atoms. The summed E-state index contributed by atoms with van der Waals surface area (Å²) in [5.74, 6) is 1.71. The van der Waals surface area contributed by atoms with Gasteiger partial charge in [-0.15, -0.1) is 0 Å². The van der Waals surface area contributed by atoms with E-state index in [1.807, 2.05) is 45.8 Å². The number of carbonyl (C=O) groups excluding carboxylic acids is 1. The minimum Gasteiger partial charge on any atom is -0.363 e. The summed E-state index contributed by atoms with van der Waals surface area (Å²) in [4.78, 5) is 25.1. The van der Waals surface area contributed by atoms with E-state index in [1.165, 1.54) is 0 Å². The van der Waals surface area contributed by atoms with Gasteiger partial charge in [0, 0.05) is 38.9 Å². The average molecular weight is 291 g/mol. The lowest BCUT2D eigenvalue weighted by molar-refractivity contribution is -0.125. The number of rotatable bonds is 3. The van der Waals surface area contributed by atoms with Crippen molar-refractivity contribution in [2.24, 2.45) is 5.92 Å². The van der Waals surface area contributed by atoms with Crippen molar-refractivity contribution in [1.82, 2.24) is 15.3 Å². The zero-order valence-electron chi connectivity index (χ0n) is 13.6. The second-order valence-corrected chi connectivity index (χ2v) is 6.78. The number of hydrogen-bond acceptors (Lipinski definition) is 5. The Morgan fingerprint density at radius 1 is 1.43 bits per heavy atom. The lowest BCUT2D eigenvalue weighted by Crippen LogP contribution is -2.44. The van der Waals surface area contributed by atoms with Crippen LogP contribution in [0.2, 0.25) is 0 Å². The van der Waals surface area contributed by atoms with E-state index in [0.717, 1.165) is 18.8 Å². The fraction of sp³-hybridized carbons (Fsp3) is 0.667. The van der Waals surface area contributed by atoms with Crippen LogP contribution in [-0.2, 0) is 4.79 Å². The number of aromatic nitrogens is 2. The summed E-state index contributed by atoms with van der Waals surface area (Å²) in [7, 11) is 3.91. The number of anilines is 2. The molecule has 1 fully saturated rings. The zero-order chi connectivity index (χ0) is 15.6. The third kappa shape index (κ3) is 4.06. The molecule has 1 aromatic rings. The van der Waals surface area contributed by atoms with Gasteiger partial charge in [-0.25, -0.2) is 4.98 Å². The van der Waals surface area contributed by atoms with E-state index in [0.29, 0.717) is 12.5 Å². The monoisotopic (exact) mass is 291 g/mol. The highest BCUT2D eigenvalue weighted by Crippen LogP contribution is 2.22. The minimum absolute atomic E-state index is 0.0100. The standard InChI is InChI=1S/C15H25N5O/c1-15(2,3)18-13(21)11-7-9-20(10-11)14-16-8-6-12(17-14)19(4)5/h6,8,11H,7,9-10H2,1-5H3,(H,18,21). The lowest BCUT2D eigenvalue weighted by Gasteiger charge is -2.23. The molecule has 116 valence electrons. The van der Waals surface area contributed by atoms with E-state index in [9.17, 15) is 4.79 Å². The molecule has 2 heterocycles. The zero-order valence-corrected chi connectivity index (χ0v) is 13.6. The van der Waals surface area contributed by atoms with Gasteiger partial charge in [0.05, 0.1) is 5.92 Å². The maximum Gasteiger partial charge on any atom is 0.227 e. The van der Waals surface area contributed by atoms with Crippen molar-refractivity contribution in [2.75, 3.05) is 37.0 Å². The molecule has 1 saturated heterocycles. The number of nitrogens with one attached hydrogen (secondary N) is 1. The van der Waals surface area contributed by atoms with E-state index in [4.69, 9.17) is 0 Å². The summed E-state index contributed by atoms with van der Waals surface area (Å²) in [6.07, 6.45) is 2.61. The largest absolute Gasteiger partial charge is 0.363 e. The number of amides is 1. The van der Waals surface area contributed by atoms with Crippen LogP contribution < -0.4 is 15.1 Å². The van der Waals surface area contributed by atoms with Crippen molar-refractivity contribution in [1.29, 1.82) is 0 Å². The molecule has 0 aliphatic carbocycles. The third-order valence-corrected chi connectivity index (χ3v) is 3.43. The molecule has 1 unspecified atom stereocenters. The number of hydrogen-bond donors (Lipinski definition) is 1. The molecule has 21 heavy (non-hydrogen) atoms. The molecular formula is C15H25N5O. The van der Waals surface area contributed by atoms with Gasteiger partial charge in [0.15, 0.2) is 0 Å². The van der Waals surface area contributed by atoms with Crippen LogP contribution in [0.3, 0.4) is 0 Å². The Bertz CT molecular complexity index is 509. The van der Waals surface area contributed by atoms with E-state index >= 15 is 0 Å². The van der Waals surface area contributed by atoms with Crippen LogP contribution in [0.4, 0.5) is 11.8 Å². The highest BCUT2D eigenvalue weighted by Gasteiger charge is 2.31. The van der Waals surface area contributed by atoms with E-state index in [2.05, 4.69) is 20.2 Å². The summed E-state index contributed by atoms with van der Waals surface area (Å²) in [5.41, 5.74) is -0.189. The van der Waals surface area contributed by atoms with E-state index in [-0.39, 0.29) is 17.4 Å². The average Bonchev–Trinajstić information content (AvgIpc) is 2.86. The Hall–Kier alpha value is -1.85. The number of nitrogens with zero attached hydrogens (tertiary/aromatic N) is 4. The molecule has 1 aliphatic rings. The minimum atomic E-state index is -0.189. The van der Waals surface area contributed by atoms with Crippen LogP contribution in [0.15, 0.2) is 12.3 Å². The molecule has 0 bridgehead atoms. The third-order valence-electron chi connectivity index (χ3n) is 3.43. The summed E-state index contributed by atoms with van der Waals surface area (Å²) in [6, 6.07) is 1.88. The van der Waals surface area contributed by atoms with Gasteiger partial charge in [0.1, 0.15) is 5.82 Å². The van der Waals surface area contributed by atoms with Gasteiger partial charge >= 0.3 is 0 Å². The van der Waals surface area contributed by atoms with Crippen molar-refractivity contribution in [3.05, 3.63) is 12.3 Å². The molecule has 1 aromatic heterocycles. The molecule has 0 aromatic carbocycles. The fourth-order valence-electron chi connectivity index (χ4n) is 2.37. The predicted octanol–water partition coefficient (Wildman–Crippen LogP) is 1.28. The number of carbonyl (C=O) groups is 1. The first kappa shape index (κ1) is 15.5. The first-order chi connectivity index (χ1) is 9.76. The van der Waals surface area contributed by atoms with Gasteiger partial charge in [-0.05, 0) is 33.3 Å². The summed E-state index contributed by atoms with van der Waals surface area (Å²) in [6.45, 7) is 7.50. The first-order valence-corrected chi connectivity index (χ1v) is 7.33. The van der Waals surface area contributed by atoms with E-state index in [1.54, 1.807) is 6.20 Å². The van der Waals surface area contributed by atoms with Gasteiger partial charge in [-0.3, -0.25) is 4.79 Å². The van der Waals surface area contributed by atoms with E-state index < -0.39 is 0 Å². The second kappa shape index (κ2) is 5.87. The Morgan fingerprint density at radius 3 is 2.76 bits per heavy atom. The molecule has 1 atom stereocenters. The van der Waals surface area contributed by atoms with Crippen molar-refractivity contribution in [2.45, 2.75) is 32.7 Å². The van der Waals surface area contributed by atoms with Crippen molar-refractivity contribution >= 4 is 17.7 Å². The molecule has 0 radical (unpaired) electrons. The van der Waals surface area contributed by atoms with Crippen LogP contribution in [0.25, 0.3) is 0 Å². The molecule has 6 heteroatoms. The Labute approximate surface area is 126 Å². The lowest BCUT2D eigenvalue weighted by atomic mass is 10.0. The van der Waals surface area contributed by atoms with Crippen LogP contribution >= 0.6 is 0 Å². The molecule has 0 saturated carbocycles. The maximum absolute atomic E-state index is 12.2. The highest BCUT2D eigenvalue weighted by molar-refractivity contribution is 5.80. The molecule has 1 amide bonds. The van der Waals surface area contributed by atoms with Crippen LogP contribution in [0.1, 0.15) is 27.2 Å². The Balaban J connectivity index is 2.02.